The van der Waals surface area contributed by atoms with Crippen molar-refractivity contribution in [3.05, 3.63) is 29.8 Å². The number of nitrogens with zero attached hydrogens (tertiary/aromatic N) is 4. The minimum atomic E-state index is -0.917. The van der Waals surface area contributed by atoms with Gasteiger partial charge in [-0.25, -0.2) is 9.48 Å². The van der Waals surface area contributed by atoms with Crippen LogP contribution in [0.15, 0.2) is 24.3 Å². The Bertz CT molecular complexity index is 671. The topological polar surface area (TPSA) is 80.9 Å². The molecule has 2 atom stereocenters. The van der Waals surface area contributed by atoms with Crippen LogP contribution in [0.1, 0.15) is 52.6 Å². The summed E-state index contributed by atoms with van der Waals surface area (Å²) < 4.78 is 1.42. The van der Waals surface area contributed by atoms with E-state index in [2.05, 4.69) is 36.3 Å². The van der Waals surface area contributed by atoms with Crippen molar-refractivity contribution in [2.45, 2.75) is 52.5 Å². The maximum Gasteiger partial charge on any atom is 0.328 e. The fourth-order valence-corrected chi connectivity index (χ4v) is 2.50. The molecule has 1 N–H and O–H groups in total. The van der Waals surface area contributed by atoms with Gasteiger partial charge in [0.1, 0.15) is 0 Å². The first-order valence-corrected chi connectivity index (χ1v) is 7.87. The first kappa shape index (κ1) is 17.1. The summed E-state index contributed by atoms with van der Waals surface area (Å²) in [6.45, 7) is 10.3. The Balaban J connectivity index is 2.43. The van der Waals surface area contributed by atoms with E-state index >= 15 is 0 Å². The lowest BCUT2D eigenvalue weighted by molar-refractivity contribution is -0.142. The molecule has 0 amide bonds. The summed E-state index contributed by atoms with van der Waals surface area (Å²) in [7, 11) is 0. The van der Waals surface area contributed by atoms with Crippen LogP contribution in [0.5, 0.6) is 0 Å². The highest BCUT2D eigenvalue weighted by Crippen LogP contribution is 2.28. The predicted molar refractivity (Wildman–Crippen MR) is 88.1 cm³/mol. The number of carboxylic acids is 1. The molecule has 2 aromatic rings. The molecule has 2 rings (SSSR count). The third-order valence-electron chi connectivity index (χ3n) is 4.20. The van der Waals surface area contributed by atoms with Crippen LogP contribution in [0, 0.1) is 5.92 Å². The smallest absolute Gasteiger partial charge is 0.328 e. The first-order valence-electron chi connectivity index (χ1n) is 7.87. The van der Waals surface area contributed by atoms with E-state index in [1.165, 1.54) is 10.2 Å². The van der Waals surface area contributed by atoms with Crippen LogP contribution < -0.4 is 0 Å². The highest BCUT2D eigenvalue weighted by molar-refractivity contribution is 5.73. The Hall–Kier alpha value is -2.24. The van der Waals surface area contributed by atoms with Crippen molar-refractivity contribution in [3.63, 3.8) is 0 Å². The summed E-state index contributed by atoms with van der Waals surface area (Å²) in [5.74, 6) is -0.499. The Morgan fingerprint density at radius 1 is 1.26 bits per heavy atom. The quantitative estimate of drug-likeness (QED) is 0.915. The molecular weight excluding hydrogens is 292 g/mol. The van der Waals surface area contributed by atoms with Gasteiger partial charge in [-0.15, -0.1) is 5.10 Å². The molecule has 1 aromatic carbocycles. The number of rotatable bonds is 5. The Labute approximate surface area is 136 Å². The number of hydrogen-bond acceptors (Lipinski definition) is 4. The largest absolute Gasteiger partial charge is 0.480 e. The van der Waals surface area contributed by atoms with E-state index in [0.717, 1.165) is 12.0 Å². The van der Waals surface area contributed by atoms with Gasteiger partial charge in [-0.05, 0) is 27.3 Å². The predicted octanol–water partition coefficient (Wildman–Crippen LogP) is 3.31. The van der Waals surface area contributed by atoms with Gasteiger partial charge in [-0.2, -0.15) is 0 Å². The maximum absolute atomic E-state index is 11.7. The number of aliphatic carboxylic acids is 1. The fraction of sp³-hybridized carbons (Fsp3) is 0.529. The number of carboxylic acid groups (broad SMARTS) is 1. The minimum Gasteiger partial charge on any atom is -0.480 e. The van der Waals surface area contributed by atoms with Gasteiger partial charge in [-0.3, -0.25) is 0 Å². The SMILES string of the molecule is CCC(C)C(C(=O)O)n1nnnc1-c1ccc(C(C)(C)C)cc1. The summed E-state index contributed by atoms with van der Waals surface area (Å²) in [5, 5.41) is 21.2. The second kappa shape index (κ2) is 6.48. The summed E-state index contributed by atoms with van der Waals surface area (Å²) >= 11 is 0. The van der Waals surface area contributed by atoms with Crippen molar-refractivity contribution in [1.82, 2.24) is 20.2 Å². The molecule has 0 bridgehead atoms. The van der Waals surface area contributed by atoms with Crippen LogP contribution in [-0.2, 0) is 10.2 Å². The Kier molecular flexibility index (Phi) is 4.82. The van der Waals surface area contributed by atoms with E-state index in [9.17, 15) is 9.90 Å². The van der Waals surface area contributed by atoms with Gasteiger partial charge in [0.25, 0.3) is 0 Å². The van der Waals surface area contributed by atoms with E-state index in [1.807, 2.05) is 38.1 Å². The molecule has 6 heteroatoms. The second-order valence-electron chi connectivity index (χ2n) is 6.94. The van der Waals surface area contributed by atoms with E-state index < -0.39 is 12.0 Å². The Morgan fingerprint density at radius 2 is 1.87 bits per heavy atom. The number of aromatic nitrogens is 4. The lowest BCUT2D eigenvalue weighted by atomic mass is 9.86. The van der Waals surface area contributed by atoms with Gasteiger partial charge in [0.2, 0.25) is 0 Å². The maximum atomic E-state index is 11.7. The molecule has 1 aromatic heterocycles. The van der Waals surface area contributed by atoms with Gasteiger partial charge in [-0.1, -0.05) is 65.3 Å². The number of tetrazole rings is 1. The highest BCUT2D eigenvalue weighted by Gasteiger charge is 2.29. The molecule has 1 heterocycles. The molecule has 0 spiro atoms. The van der Waals surface area contributed by atoms with E-state index in [1.54, 1.807) is 0 Å². The summed E-state index contributed by atoms with van der Waals surface area (Å²) in [5.41, 5.74) is 2.08. The third-order valence-corrected chi connectivity index (χ3v) is 4.20. The molecule has 6 nitrogen and oxygen atoms in total. The first-order chi connectivity index (χ1) is 10.8. The van der Waals surface area contributed by atoms with Gasteiger partial charge in [0.05, 0.1) is 0 Å². The van der Waals surface area contributed by atoms with E-state index in [4.69, 9.17) is 0 Å². The molecule has 0 aliphatic heterocycles. The normalized spacial score (nSPS) is 14.5. The van der Waals surface area contributed by atoms with E-state index in [-0.39, 0.29) is 11.3 Å². The average molecular weight is 316 g/mol. The van der Waals surface area contributed by atoms with Crippen LogP contribution in [0.4, 0.5) is 0 Å². The molecule has 0 fully saturated rings. The molecule has 0 aliphatic carbocycles. The lowest BCUT2D eigenvalue weighted by Crippen LogP contribution is -2.27. The molecule has 0 saturated heterocycles. The number of carbonyl (C=O) groups is 1. The van der Waals surface area contributed by atoms with Gasteiger partial charge < -0.3 is 5.11 Å². The molecule has 124 valence electrons. The lowest BCUT2D eigenvalue weighted by Gasteiger charge is -2.21. The molecule has 2 unspecified atom stereocenters. The monoisotopic (exact) mass is 316 g/mol. The summed E-state index contributed by atoms with van der Waals surface area (Å²) in [6.07, 6.45) is 0.735. The van der Waals surface area contributed by atoms with E-state index in [0.29, 0.717) is 5.82 Å². The van der Waals surface area contributed by atoms with Crippen LogP contribution in [0.3, 0.4) is 0 Å². The Morgan fingerprint density at radius 3 is 2.35 bits per heavy atom. The van der Waals surface area contributed by atoms with Crippen molar-refractivity contribution in [2.75, 3.05) is 0 Å². The fourth-order valence-electron chi connectivity index (χ4n) is 2.50. The molecule has 0 saturated carbocycles. The standard InChI is InChI=1S/C17H24N4O2/c1-6-11(2)14(16(22)23)21-15(18-19-20-21)12-7-9-13(10-8-12)17(3,4)5/h7-11,14H,6H2,1-5H3,(H,22,23). The van der Waals surface area contributed by atoms with Crippen molar-refractivity contribution in [1.29, 1.82) is 0 Å². The van der Waals surface area contributed by atoms with Crippen LogP contribution in [0.25, 0.3) is 11.4 Å². The van der Waals surface area contributed by atoms with Crippen LogP contribution in [0.2, 0.25) is 0 Å². The van der Waals surface area contributed by atoms with Crippen LogP contribution in [-0.4, -0.2) is 31.3 Å². The van der Waals surface area contributed by atoms with Crippen molar-refractivity contribution < 1.29 is 9.90 Å². The third kappa shape index (κ3) is 3.57. The van der Waals surface area contributed by atoms with Crippen LogP contribution >= 0.6 is 0 Å². The second-order valence-corrected chi connectivity index (χ2v) is 6.94. The molecule has 23 heavy (non-hydrogen) atoms. The van der Waals surface area contributed by atoms with Gasteiger partial charge in [0.15, 0.2) is 11.9 Å². The average Bonchev–Trinajstić information content (AvgIpc) is 2.95. The zero-order valence-corrected chi connectivity index (χ0v) is 14.3. The van der Waals surface area contributed by atoms with Crippen molar-refractivity contribution in [3.8, 4) is 11.4 Å². The van der Waals surface area contributed by atoms with Gasteiger partial charge in [0, 0.05) is 5.56 Å². The molecule has 0 aliphatic rings. The zero-order chi connectivity index (χ0) is 17.2. The van der Waals surface area contributed by atoms with Gasteiger partial charge >= 0.3 is 5.97 Å². The number of benzene rings is 1. The van der Waals surface area contributed by atoms with Crippen molar-refractivity contribution >= 4 is 5.97 Å². The zero-order valence-electron chi connectivity index (χ0n) is 14.3. The number of hydrogen-bond donors (Lipinski definition) is 1. The molecular formula is C17H24N4O2. The summed E-state index contributed by atoms with van der Waals surface area (Å²) in [6, 6.07) is 7.18. The van der Waals surface area contributed by atoms with Crippen molar-refractivity contribution in [2.24, 2.45) is 5.92 Å². The molecule has 0 radical (unpaired) electrons. The highest BCUT2D eigenvalue weighted by atomic mass is 16.4. The summed E-state index contributed by atoms with van der Waals surface area (Å²) in [4.78, 5) is 11.7. The minimum absolute atomic E-state index is 0.0603.